The number of carbonyl (C=O) groups excluding carboxylic acids is 1. The predicted molar refractivity (Wildman–Crippen MR) is 137 cm³/mol. The summed E-state index contributed by atoms with van der Waals surface area (Å²) in [5.41, 5.74) is 2.47. The highest BCUT2D eigenvalue weighted by molar-refractivity contribution is 7.84. The van der Waals surface area contributed by atoms with Crippen LogP contribution in [-0.4, -0.2) is 48.4 Å². The molecule has 36 heavy (non-hydrogen) atoms. The van der Waals surface area contributed by atoms with Gasteiger partial charge < -0.3 is 10.1 Å². The van der Waals surface area contributed by atoms with Crippen molar-refractivity contribution >= 4 is 44.6 Å². The zero-order valence-corrected chi connectivity index (χ0v) is 22.3. The Kier molecular flexibility index (Phi) is 7.21. The molecule has 5 rings (SSSR count). The van der Waals surface area contributed by atoms with Crippen LogP contribution >= 0.6 is 22.7 Å². The first kappa shape index (κ1) is 25.4. The third-order valence-electron chi connectivity index (χ3n) is 6.47. The van der Waals surface area contributed by atoms with Crippen LogP contribution < -0.4 is 10.5 Å². The highest BCUT2D eigenvalue weighted by Crippen LogP contribution is 2.41. The zero-order chi connectivity index (χ0) is 25.4. The van der Waals surface area contributed by atoms with Crippen molar-refractivity contribution in [3.8, 4) is 0 Å². The smallest absolute Gasteiger partial charge is 0.333 e. The summed E-state index contributed by atoms with van der Waals surface area (Å²) in [6.07, 6.45) is 5.80. The maximum absolute atomic E-state index is 13.6. The molecule has 3 atom stereocenters. The molecular formula is C23H27N5O5S3. The van der Waals surface area contributed by atoms with Crippen molar-refractivity contribution in [2.45, 2.75) is 51.7 Å². The van der Waals surface area contributed by atoms with E-state index in [1.807, 2.05) is 19.9 Å². The van der Waals surface area contributed by atoms with Gasteiger partial charge in [-0.2, -0.15) is 8.42 Å². The van der Waals surface area contributed by atoms with Crippen LogP contribution in [0.5, 0.6) is 0 Å². The summed E-state index contributed by atoms with van der Waals surface area (Å²) in [6, 6.07) is 1.95. The Morgan fingerprint density at radius 2 is 2.14 bits per heavy atom. The molecule has 13 heteroatoms. The molecule has 1 aliphatic heterocycles. The Bertz CT molecular complexity index is 1390. The number of nitrogens with zero attached hydrogens (tertiary/aromatic N) is 3. The number of aromatic nitrogens is 3. The monoisotopic (exact) mass is 549 g/mol. The molecule has 2 aliphatic rings. The molecule has 3 aromatic heterocycles. The predicted octanol–water partition coefficient (Wildman–Crippen LogP) is 3.31. The molecule has 0 bridgehead atoms. The highest BCUT2D eigenvalue weighted by atomic mass is 32.2. The van der Waals surface area contributed by atoms with Crippen LogP contribution in [0.3, 0.4) is 0 Å². The Labute approximate surface area is 217 Å². The van der Waals surface area contributed by atoms with E-state index in [-0.39, 0.29) is 30.5 Å². The molecule has 3 N–H and O–H groups in total. The van der Waals surface area contributed by atoms with E-state index in [2.05, 4.69) is 20.3 Å². The van der Waals surface area contributed by atoms with E-state index < -0.39 is 10.3 Å². The maximum atomic E-state index is 13.6. The first-order chi connectivity index (χ1) is 17.2. The number of thiazole rings is 1. The van der Waals surface area contributed by atoms with E-state index in [9.17, 15) is 13.2 Å². The van der Waals surface area contributed by atoms with Crippen LogP contribution in [0.4, 0.5) is 5.82 Å². The van der Waals surface area contributed by atoms with Gasteiger partial charge >= 0.3 is 10.3 Å². The van der Waals surface area contributed by atoms with Crippen LogP contribution in [0.1, 0.15) is 66.6 Å². The van der Waals surface area contributed by atoms with Crippen molar-refractivity contribution in [1.29, 1.82) is 0 Å². The number of ketones is 1. The van der Waals surface area contributed by atoms with Gasteiger partial charge in [0.05, 0.1) is 39.2 Å². The Balaban J connectivity index is 1.33. The summed E-state index contributed by atoms with van der Waals surface area (Å²) < 4.78 is 33.0. The van der Waals surface area contributed by atoms with Gasteiger partial charge in [-0.25, -0.2) is 20.1 Å². The fraction of sp³-hybridized carbons (Fsp3) is 0.478. The molecule has 1 aliphatic carbocycles. The first-order valence-electron chi connectivity index (χ1n) is 11.6. The number of nitrogens with one attached hydrogen (secondary N) is 1. The minimum atomic E-state index is -3.96. The van der Waals surface area contributed by atoms with Crippen molar-refractivity contribution in [2.75, 3.05) is 18.5 Å². The molecule has 1 unspecified atom stereocenters. The lowest BCUT2D eigenvalue weighted by atomic mass is 10.0. The Hall–Kier alpha value is -2.29. The zero-order valence-electron chi connectivity index (χ0n) is 19.9. The Morgan fingerprint density at radius 3 is 2.94 bits per heavy atom. The van der Waals surface area contributed by atoms with E-state index in [0.717, 1.165) is 45.3 Å². The second kappa shape index (κ2) is 10.2. The van der Waals surface area contributed by atoms with Crippen LogP contribution in [0.2, 0.25) is 0 Å². The fourth-order valence-electron chi connectivity index (χ4n) is 4.80. The van der Waals surface area contributed by atoms with Gasteiger partial charge in [-0.15, -0.1) is 22.7 Å². The number of thiophene rings is 1. The number of aryl methyl sites for hydroxylation is 2. The number of nitrogens with two attached hydrogens (primary N) is 1. The molecule has 1 fully saturated rings. The molecule has 4 heterocycles. The van der Waals surface area contributed by atoms with Gasteiger partial charge in [0.1, 0.15) is 18.2 Å². The topological polar surface area (TPSA) is 146 Å². The normalized spacial score (nSPS) is 21.9. The summed E-state index contributed by atoms with van der Waals surface area (Å²) in [6.45, 7) is 4.66. The van der Waals surface area contributed by atoms with Crippen LogP contribution in [0.15, 0.2) is 18.6 Å². The number of fused-ring (bicyclic) bond motifs is 1. The van der Waals surface area contributed by atoms with E-state index in [1.54, 1.807) is 11.3 Å². The molecule has 0 aromatic carbocycles. The van der Waals surface area contributed by atoms with Crippen molar-refractivity contribution in [2.24, 2.45) is 11.1 Å². The minimum Gasteiger partial charge on any atom is -0.367 e. The van der Waals surface area contributed by atoms with E-state index in [1.165, 1.54) is 23.9 Å². The number of ether oxygens (including phenoxy) is 1. The summed E-state index contributed by atoms with van der Waals surface area (Å²) in [5, 5.41) is 9.30. The number of rotatable bonds is 8. The molecule has 0 amide bonds. The molecule has 192 valence electrons. The van der Waals surface area contributed by atoms with Crippen LogP contribution in [-0.2, 0) is 25.6 Å². The van der Waals surface area contributed by atoms with Gasteiger partial charge in [0.15, 0.2) is 0 Å². The number of anilines is 1. The molecule has 0 saturated heterocycles. The number of hydrogen-bond acceptors (Lipinski definition) is 11. The van der Waals surface area contributed by atoms with Crippen molar-refractivity contribution < 1.29 is 22.1 Å². The first-order valence-corrected chi connectivity index (χ1v) is 14.7. The molecule has 10 nitrogen and oxygen atoms in total. The van der Waals surface area contributed by atoms with Gasteiger partial charge in [0, 0.05) is 29.1 Å². The van der Waals surface area contributed by atoms with Gasteiger partial charge in [-0.1, -0.05) is 0 Å². The number of hydrogen-bond donors (Lipinski definition) is 2. The molecular weight excluding hydrogens is 522 g/mol. The standard InChI is InChI=1S/C23H27N5O5S3/c1-12-16(21-22-18(5-6-32-21)27-13(2)35-22)8-19(34-12)20(29)17-9-25-11-26-23(17)28-15-4-3-14(7-15)10-33-36(24,30)31/h8-9,11,14-15,21H,3-7,10H2,1-2H3,(H2,24,30,31)(H,25,26,28)/t14-,15+,21?/m1/s1. The fourth-order valence-corrected chi connectivity index (χ4v) is 7.23. The van der Waals surface area contributed by atoms with Crippen LogP contribution in [0.25, 0.3) is 0 Å². The Morgan fingerprint density at radius 1 is 1.31 bits per heavy atom. The van der Waals surface area contributed by atoms with E-state index >= 15 is 0 Å². The third-order valence-corrected chi connectivity index (χ3v) is 9.05. The SMILES string of the molecule is Cc1nc2c(s1)C(c1cc(C(=O)c3cncnc3N[C@H]3CC[C@@H](COS(N)(=O)=O)C3)sc1C)OCC2. The van der Waals surface area contributed by atoms with E-state index in [0.29, 0.717) is 29.3 Å². The lowest BCUT2D eigenvalue weighted by molar-refractivity contribution is 0.0716. The lowest BCUT2D eigenvalue weighted by Gasteiger charge is -2.22. The molecule has 0 spiro atoms. The van der Waals surface area contributed by atoms with Crippen molar-refractivity contribution in [1.82, 2.24) is 15.0 Å². The average molecular weight is 550 g/mol. The van der Waals surface area contributed by atoms with Crippen LogP contribution in [0, 0.1) is 19.8 Å². The summed E-state index contributed by atoms with van der Waals surface area (Å²) in [5.74, 6) is 0.371. The highest BCUT2D eigenvalue weighted by Gasteiger charge is 2.31. The van der Waals surface area contributed by atoms with E-state index in [4.69, 9.17) is 14.1 Å². The van der Waals surface area contributed by atoms with Gasteiger partial charge in [0.25, 0.3) is 0 Å². The molecule has 0 radical (unpaired) electrons. The third kappa shape index (κ3) is 5.50. The average Bonchev–Trinajstić information content (AvgIpc) is 3.54. The van der Waals surface area contributed by atoms with Gasteiger partial charge in [-0.05, 0) is 45.1 Å². The second-order valence-corrected chi connectivity index (χ2v) is 12.8. The quantitative estimate of drug-likeness (QED) is 0.404. The second-order valence-electron chi connectivity index (χ2n) is 9.08. The van der Waals surface area contributed by atoms with Crippen molar-refractivity contribution in [3.05, 3.63) is 55.1 Å². The van der Waals surface area contributed by atoms with Gasteiger partial charge in [0.2, 0.25) is 5.78 Å². The summed E-state index contributed by atoms with van der Waals surface area (Å²) in [4.78, 5) is 29.4. The molecule has 1 saturated carbocycles. The summed E-state index contributed by atoms with van der Waals surface area (Å²) >= 11 is 3.08. The maximum Gasteiger partial charge on any atom is 0.333 e. The molecule has 3 aromatic rings. The largest absolute Gasteiger partial charge is 0.367 e. The van der Waals surface area contributed by atoms with Gasteiger partial charge in [-0.3, -0.25) is 8.98 Å². The minimum absolute atomic E-state index is 0.0322. The lowest BCUT2D eigenvalue weighted by Crippen LogP contribution is -2.22. The van der Waals surface area contributed by atoms with Crippen molar-refractivity contribution in [3.63, 3.8) is 0 Å². The summed E-state index contributed by atoms with van der Waals surface area (Å²) in [7, 11) is -3.96. The number of carbonyl (C=O) groups is 1.